The van der Waals surface area contributed by atoms with Crippen LogP contribution in [0.4, 0.5) is 0 Å². The Morgan fingerprint density at radius 1 is 1.44 bits per heavy atom. The van der Waals surface area contributed by atoms with Crippen molar-refractivity contribution in [2.75, 3.05) is 0 Å². The number of aryl methyl sites for hydroxylation is 1. The normalized spacial score (nSPS) is 7.56. The van der Waals surface area contributed by atoms with Gasteiger partial charge in [0.05, 0.1) is 0 Å². The SMILES string of the molecule is Cc1[c-]cccc1.[Zn+][Br]. The predicted molar refractivity (Wildman–Crippen MR) is 38.9 cm³/mol. The molecule has 0 aromatic heterocycles. The predicted octanol–water partition coefficient (Wildman–Crippen LogP) is 2.64. The van der Waals surface area contributed by atoms with Crippen molar-refractivity contribution in [3.05, 3.63) is 35.9 Å². The Morgan fingerprint density at radius 3 is 2.33 bits per heavy atom. The van der Waals surface area contributed by atoms with Gasteiger partial charge in [0.1, 0.15) is 0 Å². The van der Waals surface area contributed by atoms with Gasteiger partial charge in [-0.1, -0.05) is 6.92 Å². The fourth-order valence-corrected chi connectivity index (χ4v) is 0.483. The molecule has 0 amide bonds. The molecule has 0 heterocycles. The Bertz CT molecular complexity index is 139. The minimum atomic E-state index is 1.19. The molecule has 0 aliphatic rings. The second-order valence-electron chi connectivity index (χ2n) is 1.55. The van der Waals surface area contributed by atoms with Crippen LogP contribution in [0.3, 0.4) is 0 Å². The topological polar surface area (TPSA) is 0 Å². The van der Waals surface area contributed by atoms with Gasteiger partial charge in [-0.3, -0.25) is 0 Å². The third kappa shape index (κ3) is 4.80. The molecule has 0 spiro atoms. The summed E-state index contributed by atoms with van der Waals surface area (Å²) in [6.45, 7) is 2.03. The van der Waals surface area contributed by atoms with Crippen molar-refractivity contribution in [2.45, 2.75) is 6.92 Å². The Kier molecular flexibility index (Phi) is 6.68. The van der Waals surface area contributed by atoms with E-state index >= 15 is 0 Å². The quantitative estimate of drug-likeness (QED) is 0.480. The maximum absolute atomic E-state index is 3.06. The van der Waals surface area contributed by atoms with E-state index in [1.54, 1.807) is 0 Å². The molecule has 0 aliphatic carbocycles. The maximum atomic E-state index is 3.06. The summed E-state index contributed by atoms with van der Waals surface area (Å²) in [4.78, 5) is 0. The fraction of sp³-hybridized carbons (Fsp3) is 0.143. The van der Waals surface area contributed by atoms with E-state index in [0.717, 1.165) is 0 Å². The van der Waals surface area contributed by atoms with E-state index in [2.05, 4.69) is 19.7 Å². The number of benzene rings is 1. The van der Waals surface area contributed by atoms with Crippen molar-refractivity contribution in [1.82, 2.24) is 0 Å². The monoisotopic (exact) mass is 234 g/mol. The molecule has 0 fully saturated rings. The molecule has 0 unspecified atom stereocenters. The van der Waals surface area contributed by atoms with Gasteiger partial charge >= 0.3 is 30.0 Å². The van der Waals surface area contributed by atoms with Gasteiger partial charge in [0.15, 0.2) is 0 Å². The summed E-state index contributed by atoms with van der Waals surface area (Å²) in [5.74, 6) is 0. The van der Waals surface area contributed by atoms with Crippen molar-refractivity contribution in [3.63, 3.8) is 0 Å². The fourth-order valence-electron chi connectivity index (χ4n) is 0.483. The summed E-state index contributed by atoms with van der Waals surface area (Å²) in [7, 11) is 0. The standard InChI is InChI=1S/C7H7.BrH.Zn/c1-7-5-3-2-4-6-7;;/h2-5H,1H3;1H;/q-1;;+2/p-1. The van der Waals surface area contributed by atoms with Crippen molar-refractivity contribution in [3.8, 4) is 0 Å². The van der Waals surface area contributed by atoms with Crippen LogP contribution in [0.2, 0.25) is 0 Å². The van der Waals surface area contributed by atoms with Crippen LogP contribution >= 0.6 is 13.6 Å². The van der Waals surface area contributed by atoms with E-state index < -0.39 is 0 Å². The molecule has 0 N–H and O–H groups in total. The summed E-state index contributed by atoms with van der Waals surface area (Å²) >= 11 is 4.25. The molecule has 0 aliphatic heterocycles. The van der Waals surface area contributed by atoms with Crippen LogP contribution in [0.15, 0.2) is 24.3 Å². The van der Waals surface area contributed by atoms with Crippen LogP contribution in [-0.2, 0) is 16.3 Å². The van der Waals surface area contributed by atoms with Crippen LogP contribution in [0.1, 0.15) is 5.56 Å². The summed E-state index contributed by atoms with van der Waals surface area (Å²) in [5, 5.41) is 0. The molecule has 0 atom stereocenters. The average Bonchev–Trinajstić information content (AvgIpc) is 1.94. The van der Waals surface area contributed by atoms with Gasteiger partial charge in [-0.15, -0.1) is 0 Å². The third-order valence-electron chi connectivity index (χ3n) is 0.865. The number of hydrogen-bond acceptors (Lipinski definition) is 0. The van der Waals surface area contributed by atoms with E-state index in [9.17, 15) is 0 Å². The van der Waals surface area contributed by atoms with E-state index in [1.165, 1.54) is 21.9 Å². The van der Waals surface area contributed by atoms with Gasteiger partial charge in [0, 0.05) is 0 Å². The first-order valence-electron chi connectivity index (χ1n) is 2.59. The summed E-state index contributed by atoms with van der Waals surface area (Å²) in [5.41, 5.74) is 1.20. The first kappa shape index (κ1) is 9.32. The second-order valence-corrected chi connectivity index (χ2v) is 1.55. The van der Waals surface area contributed by atoms with Crippen LogP contribution in [0.5, 0.6) is 0 Å². The molecule has 0 saturated heterocycles. The third-order valence-corrected chi connectivity index (χ3v) is 0.865. The molecule has 1 rings (SSSR count). The van der Waals surface area contributed by atoms with Crippen LogP contribution in [0.25, 0.3) is 0 Å². The average molecular weight is 236 g/mol. The molecular formula is C7H7BrZn. The molecule has 44 valence electrons. The zero-order valence-electron chi connectivity index (χ0n) is 5.39. The number of halogens is 1. The Labute approximate surface area is 72.7 Å². The zero-order chi connectivity index (χ0) is 7.11. The van der Waals surface area contributed by atoms with Gasteiger partial charge < -0.3 is 0 Å². The van der Waals surface area contributed by atoms with Crippen molar-refractivity contribution < 1.29 is 16.3 Å². The van der Waals surface area contributed by atoms with Gasteiger partial charge in [-0.05, 0) is 0 Å². The van der Waals surface area contributed by atoms with E-state index in [4.69, 9.17) is 0 Å². The van der Waals surface area contributed by atoms with Crippen LogP contribution in [-0.4, -0.2) is 0 Å². The molecule has 1 aromatic carbocycles. The Balaban J connectivity index is 0.000000291. The van der Waals surface area contributed by atoms with Gasteiger partial charge in [0.25, 0.3) is 0 Å². The van der Waals surface area contributed by atoms with Crippen molar-refractivity contribution in [2.24, 2.45) is 0 Å². The summed E-state index contributed by atoms with van der Waals surface area (Å²) in [6, 6.07) is 10.9. The molecule has 2 heteroatoms. The molecule has 0 bridgehead atoms. The van der Waals surface area contributed by atoms with Gasteiger partial charge in [0.2, 0.25) is 0 Å². The molecule has 0 nitrogen and oxygen atoms in total. The minimum absolute atomic E-state index is 1.19. The van der Waals surface area contributed by atoms with E-state index in [1.807, 2.05) is 31.2 Å². The summed E-state index contributed by atoms with van der Waals surface area (Å²) in [6.07, 6.45) is 0. The van der Waals surface area contributed by atoms with Crippen molar-refractivity contribution in [1.29, 1.82) is 0 Å². The first-order chi connectivity index (χ1) is 4.39. The van der Waals surface area contributed by atoms with E-state index in [-0.39, 0.29) is 0 Å². The van der Waals surface area contributed by atoms with Crippen LogP contribution < -0.4 is 0 Å². The van der Waals surface area contributed by atoms with Crippen molar-refractivity contribution >= 4 is 13.6 Å². The second kappa shape index (κ2) is 6.44. The molecule has 0 saturated carbocycles. The molecule has 1 aromatic rings. The Morgan fingerprint density at radius 2 is 2.11 bits per heavy atom. The number of rotatable bonds is 0. The van der Waals surface area contributed by atoms with Gasteiger partial charge in [-0.25, -0.2) is 0 Å². The Hall–Kier alpha value is 0.323. The van der Waals surface area contributed by atoms with E-state index in [0.29, 0.717) is 0 Å². The molecule has 9 heavy (non-hydrogen) atoms. The number of hydrogen-bond donors (Lipinski definition) is 0. The van der Waals surface area contributed by atoms with Crippen LogP contribution in [0, 0.1) is 13.0 Å². The first-order valence-corrected chi connectivity index (χ1v) is 9.54. The van der Waals surface area contributed by atoms with Gasteiger partial charge in [-0.2, -0.15) is 35.9 Å². The zero-order valence-corrected chi connectivity index (χ0v) is 9.95. The molecular weight excluding hydrogens is 229 g/mol. The molecule has 0 radical (unpaired) electrons. The summed E-state index contributed by atoms with van der Waals surface area (Å²) < 4.78 is 0.